The third-order valence-corrected chi connectivity index (χ3v) is 6.38. The van der Waals surface area contributed by atoms with Crippen LogP contribution in [0.5, 0.6) is 0 Å². The number of hydrogen-bond donors (Lipinski definition) is 1. The first-order valence-corrected chi connectivity index (χ1v) is 13.1. The monoisotopic (exact) mass is 702 g/mol. The van der Waals surface area contributed by atoms with Crippen LogP contribution < -0.4 is 0 Å². The van der Waals surface area contributed by atoms with Gasteiger partial charge in [-0.2, -0.15) is 0 Å². The first kappa shape index (κ1) is 32.2. The molecular formula is C34H41IrN2O2-. The van der Waals surface area contributed by atoms with Crippen LogP contribution in [0, 0.1) is 44.6 Å². The topological polar surface area (TPSA) is 55.1 Å². The number of aromatic nitrogens is 2. The van der Waals surface area contributed by atoms with Crippen molar-refractivity contribution in [3.63, 3.8) is 0 Å². The van der Waals surface area contributed by atoms with Crippen molar-refractivity contribution in [1.29, 1.82) is 0 Å². The molecule has 0 aliphatic heterocycles. The fraction of sp³-hybridized carbons (Fsp3) is 0.353. The molecule has 209 valence electrons. The number of aliphatic hydroxyl groups excluding tert-OH is 1. The van der Waals surface area contributed by atoms with Gasteiger partial charge in [0.1, 0.15) is 5.76 Å². The minimum atomic E-state index is -0.417. The van der Waals surface area contributed by atoms with Crippen molar-refractivity contribution in [3.05, 3.63) is 95.0 Å². The van der Waals surface area contributed by atoms with E-state index >= 15 is 0 Å². The Balaban J connectivity index is 0.000000328. The van der Waals surface area contributed by atoms with E-state index in [-0.39, 0.29) is 37.1 Å². The van der Waals surface area contributed by atoms with Gasteiger partial charge in [-0.15, -0.1) is 34.9 Å². The molecular weight excluding hydrogens is 661 g/mol. The Morgan fingerprint density at radius 2 is 1.46 bits per heavy atom. The van der Waals surface area contributed by atoms with Crippen LogP contribution in [-0.4, -0.2) is 20.4 Å². The third kappa shape index (κ3) is 8.24. The summed E-state index contributed by atoms with van der Waals surface area (Å²) in [5.41, 5.74) is 8.32. The maximum Gasteiger partial charge on any atom is 0.164 e. The number of ketones is 1. The molecule has 0 atom stereocenters. The van der Waals surface area contributed by atoms with Gasteiger partial charge in [-0.05, 0) is 54.8 Å². The Labute approximate surface area is 247 Å². The molecule has 2 aromatic carbocycles. The molecule has 4 nitrogen and oxygen atoms in total. The van der Waals surface area contributed by atoms with Gasteiger partial charge in [-0.3, -0.25) is 9.78 Å². The average molecular weight is 702 g/mol. The summed E-state index contributed by atoms with van der Waals surface area (Å²) in [6.45, 7) is 19.6. The summed E-state index contributed by atoms with van der Waals surface area (Å²) >= 11 is 0. The fourth-order valence-corrected chi connectivity index (χ4v) is 4.06. The second-order valence-electron chi connectivity index (χ2n) is 12.2. The molecule has 4 aromatic rings. The number of carbonyl (C=O) groups is 1. The number of aliphatic hydroxyl groups is 1. The van der Waals surface area contributed by atoms with Crippen molar-refractivity contribution in [2.75, 3.05) is 0 Å². The SMILES string of the molecule is CC(C)(C)C(=O)/C=C(\O)C(C)(C)C.Cc1[c-]c(-c2nc3cc(-n4cccc4)c(C)cc3cc2C)cc(C)c1.[Ir]. The van der Waals surface area contributed by atoms with Crippen molar-refractivity contribution in [2.24, 2.45) is 10.8 Å². The largest absolute Gasteiger partial charge is 0.512 e. The van der Waals surface area contributed by atoms with Gasteiger partial charge in [0.2, 0.25) is 0 Å². The smallest absolute Gasteiger partial charge is 0.164 e. The van der Waals surface area contributed by atoms with Crippen LogP contribution >= 0.6 is 0 Å². The van der Waals surface area contributed by atoms with Gasteiger partial charge >= 0.3 is 0 Å². The van der Waals surface area contributed by atoms with Crippen LogP contribution in [0.3, 0.4) is 0 Å². The van der Waals surface area contributed by atoms with E-state index in [1.807, 2.05) is 53.7 Å². The predicted octanol–water partition coefficient (Wildman–Crippen LogP) is 8.81. The molecule has 4 rings (SSSR count). The molecule has 1 N–H and O–H groups in total. The number of aryl methyl sites for hydroxylation is 4. The first-order chi connectivity index (χ1) is 17.6. The van der Waals surface area contributed by atoms with E-state index in [2.05, 4.69) is 81.1 Å². The zero-order valence-electron chi connectivity index (χ0n) is 24.9. The second-order valence-corrected chi connectivity index (χ2v) is 12.2. The van der Waals surface area contributed by atoms with Crippen LogP contribution in [0.15, 0.2) is 66.7 Å². The molecule has 0 bridgehead atoms. The van der Waals surface area contributed by atoms with Crippen LogP contribution in [0.4, 0.5) is 0 Å². The van der Waals surface area contributed by atoms with Crippen LogP contribution in [0.1, 0.15) is 63.8 Å². The molecule has 0 aliphatic rings. The van der Waals surface area contributed by atoms with E-state index in [0.29, 0.717) is 0 Å². The van der Waals surface area contributed by atoms with Crippen molar-refractivity contribution in [2.45, 2.75) is 69.2 Å². The molecule has 1 radical (unpaired) electrons. The molecule has 0 unspecified atom stereocenters. The summed E-state index contributed by atoms with van der Waals surface area (Å²) < 4.78 is 2.14. The van der Waals surface area contributed by atoms with Gasteiger partial charge in [0, 0.05) is 55.1 Å². The van der Waals surface area contributed by atoms with E-state index in [4.69, 9.17) is 4.98 Å². The number of fused-ring (bicyclic) bond motifs is 1. The number of nitrogens with zero attached hydrogens (tertiary/aromatic N) is 2. The standard InChI is InChI=1S/C23H21N2.C11H20O2.Ir/c1-15-9-16(2)11-20(10-15)23-18(4)13-19-12-17(3)22(14-21(19)24-23)25-7-5-6-8-25;1-10(2,3)8(12)7-9(13)11(4,5)6;/h5-10,12-14H,1-4H3;7,12H,1-6H3;/q-1;;/b;8-7-;. The predicted molar refractivity (Wildman–Crippen MR) is 159 cm³/mol. The quantitative estimate of drug-likeness (QED) is 0.132. The van der Waals surface area contributed by atoms with Gasteiger partial charge in [-0.1, -0.05) is 67.0 Å². The molecule has 0 fully saturated rings. The van der Waals surface area contributed by atoms with Crippen molar-refractivity contribution >= 4 is 16.7 Å². The summed E-state index contributed by atoms with van der Waals surface area (Å²) in [6.07, 6.45) is 5.47. The Bertz CT molecular complexity index is 1460. The molecule has 2 aromatic heterocycles. The summed E-state index contributed by atoms with van der Waals surface area (Å²) in [4.78, 5) is 16.5. The summed E-state index contributed by atoms with van der Waals surface area (Å²) in [6, 6.07) is 18.5. The fourth-order valence-electron chi connectivity index (χ4n) is 4.06. The summed E-state index contributed by atoms with van der Waals surface area (Å²) in [5.74, 6) is 0.104. The number of benzene rings is 2. The summed E-state index contributed by atoms with van der Waals surface area (Å²) in [5, 5.41) is 10.7. The molecule has 0 saturated heterocycles. The van der Waals surface area contributed by atoms with Crippen molar-refractivity contribution in [3.8, 4) is 16.9 Å². The molecule has 2 heterocycles. The van der Waals surface area contributed by atoms with Crippen LogP contribution in [-0.2, 0) is 24.9 Å². The Kier molecular flexibility index (Phi) is 10.3. The maximum absolute atomic E-state index is 11.5. The Hall–Kier alpha value is -3.01. The van der Waals surface area contributed by atoms with Gasteiger partial charge < -0.3 is 9.67 Å². The third-order valence-electron chi connectivity index (χ3n) is 6.38. The van der Waals surface area contributed by atoms with Crippen LogP contribution in [0.25, 0.3) is 27.8 Å². The van der Waals surface area contributed by atoms with Crippen molar-refractivity contribution in [1.82, 2.24) is 9.55 Å². The van der Waals surface area contributed by atoms with Gasteiger partial charge in [-0.25, -0.2) is 0 Å². The first-order valence-electron chi connectivity index (χ1n) is 13.1. The number of rotatable bonds is 3. The molecule has 0 aliphatic carbocycles. The summed E-state index contributed by atoms with van der Waals surface area (Å²) in [7, 11) is 0. The minimum Gasteiger partial charge on any atom is -0.512 e. The Morgan fingerprint density at radius 1 is 0.872 bits per heavy atom. The molecule has 39 heavy (non-hydrogen) atoms. The minimum absolute atomic E-state index is 0. The average Bonchev–Trinajstić information content (AvgIpc) is 3.31. The molecule has 0 saturated carbocycles. The molecule has 0 amide bonds. The number of hydrogen-bond acceptors (Lipinski definition) is 3. The maximum atomic E-state index is 11.5. The van der Waals surface area contributed by atoms with Gasteiger partial charge in [0.15, 0.2) is 5.78 Å². The number of carbonyl (C=O) groups excluding carboxylic acids is 1. The van der Waals surface area contributed by atoms with E-state index in [0.717, 1.165) is 22.3 Å². The van der Waals surface area contributed by atoms with Crippen LogP contribution in [0.2, 0.25) is 0 Å². The van der Waals surface area contributed by atoms with E-state index in [9.17, 15) is 9.90 Å². The molecule has 5 heteroatoms. The zero-order chi connectivity index (χ0) is 28.4. The Morgan fingerprint density at radius 3 is 2.00 bits per heavy atom. The van der Waals surface area contributed by atoms with E-state index in [1.54, 1.807) is 0 Å². The van der Waals surface area contributed by atoms with E-state index in [1.165, 1.54) is 33.8 Å². The van der Waals surface area contributed by atoms with E-state index < -0.39 is 5.41 Å². The molecule has 0 spiro atoms. The second kappa shape index (κ2) is 12.4. The van der Waals surface area contributed by atoms with Gasteiger partial charge in [0.25, 0.3) is 0 Å². The normalized spacial score (nSPS) is 12.0. The van der Waals surface area contributed by atoms with Gasteiger partial charge in [0.05, 0.1) is 5.52 Å². The zero-order valence-corrected chi connectivity index (χ0v) is 27.3. The number of allylic oxidation sites excluding steroid dienone is 2. The number of pyridine rings is 1. The van der Waals surface area contributed by atoms with Crippen molar-refractivity contribution < 1.29 is 30.0 Å².